The van der Waals surface area contributed by atoms with Gasteiger partial charge in [0, 0.05) is 46.1 Å². The number of nitrogens with zero attached hydrogens (tertiary/aromatic N) is 4. The van der Waals surface area contributed by atoms with Gasteiger partial charge < -0.3 is 63.7 Å². The highest BCUT2D eigenvalue weighted by molar-refractivity contribution is 5.93. The van der Waals surface area contributed by atoms with E-state index in [1.165, 1.54) is 12.1 Å². The summed E-state index contributed by atoms with van der Waals surface area (Å²) in [5.74, 6) is -5.40. The standard InChI is InChI=1S/C61H65N7O17/c1-6-18-63-55(75)46(64-50(72)29-81-31-52(74)85-61(10-5)43-23-48-54-39(25-68(48)57(77)41(43)27-83-59(61)79)35(8-3)37-21-33(70)15-17-45(37)66-54)13-11-12-19-62-49(71)28-80-30-51(73)84-60(9-4)42-22-47-53-38(24-67(47)56(76)40(42)26-82-58(60)78)34(7-2)36-20-32(69)14-16-44(36)65-53/h14-17,20-23,46,69-70H,6-13,18-19,24-31H2,1-5H3,(H,62,71)(H,63,75)(H,64,72)/t46?,60-,61-/m0/s1. The number of cyclic esters (lactones) is 2. The van der Waals surface area contributed by atoms with Crippen LogP contribution in [0.5, 0.6) is 11.5 Å². The molecule has 446 valence electrons. The number of esters is 4. The molecular weight excluding hydrogens is 1100 g/mol. The summed E-state index contributed by atoms with van der Waals surface area (Å²) in [4.78, 5) is 131. The van der Waals surface area contributed by atoms with E-state index >= 15 is 0 Å². The van der Waals surface area contributed by atoms with E-state index in [9.17, 15) is 53.4 Å². The van der Waals surface area contributed by atoms with Crippen molar-refractivity contribution in [2.75, 3.05) is 39.5 Å². The van der Waals surface area contributed by atoms with Crippen molar-refractivity contribution in [1.82, 2.24) is 35.1 Å². The number of hydrogen-bond donors (Lipinski definition) is 5. The number of carbonyl (C=O) groups excluding carboxylic acids is 7. The SMILES string of the molecule is CCCNC(=O)C(CCCCNC(=O)COCC(=O)O[C@]1(CC)C(=O)OCc2c1cc1n(c2=O)Cc2c-1nc1ccc(O)cc1c2CC)NC(=O)COCC(=O)O[C@]1(CC)C(=O)OCc2c1cc1n(c2=O)Cc2c-1nc1ccc(O)cc1c2CC. The monoisotopic (exact) mass is 1170 g/mol. The Labute approximate surface area is 486 Å². The Morgan fingerprint density at radius 1 is 0.612 bits per heavy atom. The molecule has 0 radical (unpaired) electrons. The third-order valence-electron chi connectivity index (χ3n) is 16.1. The Morgan fingerprint density at radius 2 is 1.09 bits per heavy atom. The fourth-order valence-electron chi connectivity index (χ4n) is 12.0. The van der Waals surface area contributed by atoms with Crippen molar-refractivity contribution in [3.05, 3.63) is 114 Å². The highest BCUT2D eigenvalue weighted by atomic mass is 16.6. The number of rotatable bonds is 23. The molecule has 24 nitrogen and oxygen atoms in total. The number of hydrogen-bond acceptors (Lipinski definition) is 19. The summed E-state index contributed by atoms with van der Waals surface area (Å²) in [5.41, 5.74) is 2.25. The van der Waals surface area contributed by atoms with Gasteiger partial charge in [-0.2, -0.15) is 0 Å². The largest absolute Gasteiger partial charge is 0.508 e. The summed E-state index contributed by atoms with van der Waals surface area (Å²) in [6, 6.07) is 12.0. The quantitative estimate of drug-likeness (QED) is 0.0341. The summed E-state index contributed by atoms with van der Waals surface area (Å²) >= 11 is 0. The van der Waals surface area contributed by atoms with Gasteiger partial charge in [-0.05, 0) is 111 Å². The number of amides is 3. The van der Waals surface area contributed by atoms with Crippen LogP contribution >= 0.6 is 0 Å². The maximum atomic E-state index is 14.1. The van der Waals surface area contributed by atoms with Gasteiger partial charge in [-0.15, -0.1) is 0 Å². The lowest BCUT2D eigenvalue weighted by molar-refractivity contribution is -0.192. The second-order valence-corrected chi connectivity index (χ2v) is 21.3. The Balaban J connectivity index is 0.700. The number of aromatic nitrogens is 4. The van der Waals surface area contributed by atoms with Crippen LogP contribution in [0.2, 0.25) is 0 Å². The number of carbonyl (C=O) groups is 7. The summed E-state index contributed by atoms with van der Waals surface area (Å²) in [7, 11) is 0. The minimum absolute atomic E-state index is 0.0777. The fourth-order valence-corrected chi connectivity index (χ4v) is 12.0. The number of nitrogens with one attached hydrogen (secondary N) is 3. The van der Waals surface area contributed by atoms with Crippen molar-refractivity contribution in [2.45, 2.75) is 130 Å². The number of aromatic hydroxyl groups is 2. The lowest BCUT2D eigenvalue weighted by Gasteiger charge is -2.35. The molecule has 8 heterocycles. The Bertz CT molecular complexity index is 3890. The number of benzene rings is 2. The normalized spacial score (nSPS) is 17.3. The van der Waals surface area contributed by atoms with Crippen molar-refractivity contribution < 1.29 is 72.2 Å². The molecule has 1 unspecified atom stereocenters. The number of phenolic OH excluding ortho intramolecular Hbond substituents is 2. The van der Waals surface area contributed by atoms with Gasteiger partial charge in [-0.1, -0.05) is 34.6 Å². The molecule has 0 saturated heterocycles. The summed E-state index contributed by atoms with van der Waals surface area (Å²) < 4.78 is 36.5. The van der Waals surface area contributed by atoms with E-state index < -0.39 is 96.4 Å². The molecule has 0 fully saturated rings. The van der Waals surface area contributed by atoms with Crippen LogP contribution in [0.15, 0.2) is 58.1 Å². The Morgan fingerprint density at radius 3 is 1.55 bits per heavy atom. The Kier molecular flexibility index (Phi) is 16.9. The smallest absolute Gasteiger partial charge is 0.355 e. The number of aryl methyl sites for hydroxylation is 2. The Hall–Kier alpha value is -9.03. The molecule has 85 heavy (non-hydrogen) atoms. The van der Waals surface area contributed by atoms with Gasteiger partial charge in [0.15, 0.2) is 0 Å². The molecular formula is C61H65N7O17. The predicted molar refractivity (Wildman–Crippen MR) is 303 cm³/mol. The minimum Gasteiger partial charge on any atom is -0.508 e. The number of fused-ring (bicyclic) bond motifs is 10. The van der Waals surface area contributed by atoms with Crippen molar-refractivity contribution in [2.24, 2.45) is 0 Å². The molecule has 2 aromatic carbocycles. The van der Waals surface area contributed by atoms with Gasteiger partial charge in [-0.3, -0.25) is 24.0 Å². The topological polar surface area (TPSA) is 321 Å². The number of ether oxygens (including phenoxy) is 6. The first-order valence-electron chi connectivity index (χ1n) is 28.5. The number of unbranched alkanes of at least 4 members (excludes halogenated alkanes) is 1. The lowest BCUT2D eigenvalue weighted by Crippen LogP contribution is -2.48. The van der Waals surface area contributed by atoms with Crippen molar-refractivity contribution in [1.29, 1.82) is 0 Å². The van der Waals surface area contributed by atoms with E-state index in [-0.39, 0.29) is 85.9 Å². The van der Waals surface area contributed by atoms with Crippen LogP contribution in [-0.4, -0.2) is 116 Å². The van der Waals surface area contributed by atoms with Crippen molar-refractivity contribution in [3.8, 4) is 34.3 Å². The van der Waals surface area contributed by atoms with Gasteiger partial charge in [0.1, 0.15) is 57.2 Å². The van der Waals surface area contributed by atoms with E-state index in [2.05, 4.69) is 16.0 Å². The molecule has 10 rings (SSSR count). The zero-order chi connectivity index (χ0) is 60.5. The van der Waals surface area contributed by atoms with E-state index in [0.717, 1.165) is 33.0 Å². The van der Waals surface area contributed by atoms with Gasteiger partial charge in [0.25, 0.3) is 11.1 Å². The second-order valence-electron chi connectivity index (χ2n) is 21.3. The lowest BCUT2D eigenvalue weighted by atomic mass is 9.85. The maximum absolute atomic E-state index is 14.1. The molecule has 5 N–H and O–H groups in total. The van der Waals surface area contributed by atoms with Gasteiger partial charge >= 0.3 is 23.9 Å². The van der Waals surface area contributed by atoms with Crippen LogP contribution in [-0.2, 0) is 112 Å². The third kappa shape index (κ3) is 10.9. The third-order valence-corrected chi connectivity index (χ3v) is 16.1. The van der Waals surface area contributed by atoms with Crippen LogP contribution < -0.4 is 27.1 Å². The molecule has 3 atom stereocenters. The van der Waals surface area contributed by atoms with Gasteiger partial charge in [0.05, 0.1) is 58.0 Å². The van der Waals surface area contributed by atoms with Crippen molar-refractivity contribution in [3.63, 3.8) is 0 Å². The molecule has 4 aliphatic rings. The number of pyridine rings is 4. The molecule has 3 amide bonds. The van der Waals surface area contributed by atoms with Crippen LogP contribution in [0, 0.1) is 0 Å². The highest BCUT2D eigenvalue weighted by Gasteiger charge is 2.52. The molecule has 0 spiro atoms. The fraction of sp³-hybridized carbons (Fsp3) is 0.426. The summed E-state index contributed by atoms with van der Waals surface area (Å²) in [5, 5.41) is 30.0. The van der Waals surface area contributed by atoms with Crippen LogP contribution in [0.4, 0.5) is 0 Å². The van der Waals surface area contributed by atoms with Gasteiger partial charge in [0.2, 0.25) is 28.9 Å². The zero-order valence-corrected chi connectivity index (χ0v) is 47.7. The second kappa shape index (κ2) is 24.3. The first-order chi connectivity index (χ1) is 40.9. The summed E-state index contributed by atoms with van der Waals surface area (Å²) in [6.07, 6.45) is 2.46. The molecule has 4 aliphatic heterocycles. The van der Waals surface area contributed by atoms with Crippen LogP contribution in [0.1, 0.15) is 118 Å². The molecule has 0 bridgehead atoms. The van der Waals surface area contributed by atoms with E-state index in [1.54, 1.807) is 59.4 Å². The molecule has 24 heteroatoms. The van der Waals surface area contributed by atoms with E-state index in [0.29, 0.717) is 72.5 Å². The average Bonchev–Trinajstić information content (AvgIpc) is 1.72. The van der Waals surface area contributed by atoms with E-state index in [4.69, 9.17) is 38.4 Å². The van der Waals surface area contributed by atoms with Gasteiger partial charge in [-0.25, -0.2) is 29.1 Å². The average molecular weight is 1170 g/mol. The first kappa shape index (κ1) is 59.1. The predicted octanol–water partition coefficient (Wildman–Crippen LogP) is 4.14. The molecule has 0 saturated carbocycles. The first-order valence-corrected chi connectivity index (χ1v) is 28.5. The highest BCUT2D eigenvalue weighted by Crippen LogP contribution is 2.45. The zero-order valence-electron chi connectivity index (χ0n) is 47.7. The van der Waals surface area contributed by atoms with Crippen LogP contribution in [0.3, 0.4) is 0 Å². The van der Waals surface area contributed by atoms with Crippen LogP contribution in [0.25, 0.3) is 44.6 Å². The maximum Gasteiger partial charge on any atom is 0.355 e. The number of phenols is 2. The summed E-state index contributed by atoms with van der Waals surface area (Å²) in [6.45, 7) is 6.46. The molecule has 0 aliphatic carbocycles. The molecule has 4 aromatic heterocycles. The van der Waals surface area contributed by atoms with Crippen molar-refractivity contribution >= 4 is 63.4 Å². The minimum atomic E-state index is -2.03. The van der Waals surface area contributed by atoms with E-state index in [1.807, 2.05) is 20.8 Å². The molecule has 6 aromatic rings.